The van der Waals surface area contributed by atoms with Crippen molar-refractivity contribution in [2.75, 3.05) is 7.11 Å². The number of nitrogens with one attached hydrogen (secondary N) is 1. The van der Waals surface area contributed by atoms with Gasteiger partial charge in [0.1, 0.15) is 10.5 Å². The standard InChI is InChI=1S/C14H21BrN2OS/c1-14(2)6-4-9(5-7-14)12-16-10(8-18-3)11(15)13(19)17-12/h9H,4-8H2,1-3H3,(H,16,17,19). The smallest absolute Gasteiger partial charge is 0.144 e. The van der Waals surface area contributed by atoms with Crippen LogP contribution >= 0.6 is 28.1 Å². The molecule has 3 nitrogen and oxygen atoms in total. The van der Waals surface area contributed by atoms with E-state index in [1.807, 2.05) is 0 Å². The van der Waals surface area contributed by atoms with E-state index in [9.17, 15) is 0 Å². The first-order valence-corrected chi connectivity index (χ1v) is 7.90. The number of halogens is 1. The molecule has 0 amide bonds. The summed E-state index contributed by atoms with van der Waals surface area (Å²) in [7, 11) is 1.69. The SMILES string of the molecule is COCc1[nH]c(C2CCC(C)(C)CC2)nc(=S)c1Br. The van der Waals surface area contributed by atoms with Crippen LogP contribution in [0.2, 0.25) is 0 Å². The Labute approximate surface area is 128 Å². The first-order chi connectivity index (χ1) is 8.93. The van der Waals surface area contributed by atoms with Gasteiger partial charge >= 0.3 is 0 Å². The second kappa shape index (κ2) is 6.02. The molecular weight excluding hydrogens is 324 g/mol. The molecule has 1 N–H and O–H groups in total. The van der Waals surface area contributed by atoms with Crippen LogP contribution in [-0.2, 0) is 11.3 Å². The van der Waals surface area contributed by atoms with Crippen LogP contribution in [0, 0.1) is 10.1 Å². The highest BCUT2D eigenvalue weighted by molar-refractivity contribution is 9.10. The Kier molecular flexibility index (Phi) is 4.79. The summed E-state index contributed by atoms with van der Waals surface area (Å²) in [5.74, 6) is 1.52. The van der Waals surface area contributed by atoms with E-state index in [0.29, 0.717) is 22.6 Å². The fourth-order valence-electron chi connectivity index (χ4n) is 2.63. The van der Waals surface area contributed by atoms with Crippen molar-refractivity contribution < 1.29 is 4.74 Å². The number of aromatic amines is 1. The Hall–Kier alpha value is -0.260. The Morgan fingerprint density at radius 1 is 1.42 bits per heavy atom. The lowest BCUT2D eigenvalue weighted by Crippen LogP contribution is -2.21. The van der Waals surface area contributed by atoms with Crippen LogP contribution in [0.15, 0.2) is 4.47 Å². The lowest BCUT2D eigenvalue weighted by Gasteiger charge is -2.33. The zero-order chi connectivity index (χ0) is 14.0. The second-order valence-electron chi connectivity index (χ2n) is 6.09. The maximum Gasteiger partial charge on any atom is 0.144 e. The molecule has 1 aromatic rings. The Morgan fingerprint density at radius 3 is 2.63 bits per heavy atom. The number of hydrogen-bond donors (Lipinski definition) is 1. The number of nitrogens with zero attached hydrogens (tertiary/aromatic N) is 1. The second-order valence-corrected chi connectivity index (χ2v) is 7.27. The van der Waals surface area contributed by atoms with Crippen molar-refractivity contribution in [2.45, 2.75) is 52.1 Å². The Bertz CT molecular complexity index is 503. The first-order valence-electron chi connectivity index (χ1n) is 6.70. The van der Waals surface area contributed by atoms with Gasteiger partial charge in [-0.15, -0.1) is 0 Å². The van der Waals surface area contributed by atoms with Gasteiger partial charge in [-0.1, -0.05) is 26.1 Å². The molecular formula is C14H21BrN2OS. The molecule has 106 valence electrons. The van der Waals surface area contributed by atoms with Gasteiger partial charge in [-0.3, -0.25) is 0 Å². The van der Waals surface area contributed by atoms with Crippen molar-refractivity contribution in [3.05, 3.63) is 20.6 Å². The molecule has 19 heavy (non-hydrogen) atoms. The summed E-state index contributed by atoms with van der Waals surface area (Å²) in [6, 6.07) is 0. The number of rotatable bonds is 3. The van der Waals surface area contributed by atoms with Gasteiger partial charge in [-0.2, -0.15) is 0 Å². The lowest BCUT2D eigenvalue weighted by molar-refractivity contribution is 0.179. The van der Waals surface area contributed by atoms with Crippen molar-refractivity contribution in [3.8, 4) is 0 Å². The van der Waals surface area contributed by atoms with Crippen molar-refractivity contribution in [1.29, 1.82) is 0 Å². The minimum absolute atomic E-state index is 0.470. The summed E-state index contributed by atoms with van der Waals surface area (Å²) in [5.41, 5.74) is 1.46. The third-order valence-electron chi connectivity index (χ3n) is 3.97. The molecule has 0 aromatic carbocycles. The van der Waals surface area contributed by atoms with Crippen molar-refractivity contribution >= 4 is 28.1 Å². The van der Waals surface area contributed by atoms with E-state index >= 15 is 0 Å². The molecule has 1 saturated carbocycles. The van der Waals surface area contributed by atoms with Crippen molar-refractivity contribution in [2.24, 2.45) is 5.41 Å². The van der Waals surface area contributed by atoms with Gasteiger partial charge in [-0.05, 0) is 47.0 Å². The Morgan fingerprint density at radius 2 is 2.05 bits per heavy atom. The summed E-state index contributed by atoms with van der Waals surface area (Å²) >= 11 is 8.80. The van der Waals surface area contributed by atoms with E-state index in [-0.39, 0.29) is 0 Å². The maximum absolute atomic E-state index is 5.32. The van der Waals surface area contributed by atoms with Crippen LogP contribution in [0.3, 0.4) is 0 Å². The predicted molar refractivity (Wildman–Crippen MR) is 82.8 cm³/mol. The molecule has 1 aliphatic carbocycles. The number of H-pyrrole nitrogens is 1. The lowest BCUT2D eigenvalue weighted by atomic mass is 9.73. The monoisotopic (exact) mass is 344 g/mol. The topological polar surface area (TPSA) is 37.9 Å². The molecule has 0 unspecified atom stereocenters. The maximum atomic E-state index is 5.32. The van der Waals surface area contributed by atoms with Crippen LogP contribution in [-0.4, -0.2) is 17.1 Å². The number of methoxy groups -OCH3 is 1. The molecule has 0 aliphatic heterocycles. The molecule has 0 atom stereocenters. The molecule has 5 heteroatoms. The average Bonchev–Trinajstić information content (AvgIpc) is 2.35. The van der Waals surface area contributed by atoms with E-state index in [4.69, 9.17) is 17.0 Å². The minimum atomic E-state index is 0.470. The van der Waals surface area contributed by atoms with E-state index in [0.717, 1.165) is 16.0 Å². The van der Waals surface area contributed by atoms with Crippen LogP contribution < -0.4 is 0 Å². The molecule has 0 saturated heterocycles. The highest BCUT2D eigenvalue weighted by Gasteiger charge is 2.29. The third-order valence-corrected chi connectivity index (χ3v) is 5.38. The molecule has 2 rings (SSSR count). The predicted octanol–water partition coefficient (Wildman–Crippen LogP) is 4.73. The van der Waals surface area contributed by atoms with E-state index < -0.39 is 0 Å². The number of ether oxygens (including phenoxy) is 1. The molecule has 1 fully saturated rings. The van der Waals surface area contributed by atoms with Gasteiger partial charge in [0.25, 0.3) is 0 Å². The molecule has 0 radical (unpaired) electrons. The third kappa shape index (κ3) is 3.64. The minimum Gasteiger partial charge on any atom is -0.378 e. The molecule has 0 bridgehead atoms. The Balaban J connectivity index is 2.24. The quantitative estimate of drug-likeness (QED) is 0.805. The van der Waals surface area contributed by atoms with E-state index in [1.54, 1.807) is 7.11 Å². The normalized spacial score (nSPS) is 19.6. The zero-order valence-electron chi connectivity index (χ0n) is 11.8. The highest BCUT2D eigenvalue weighted by Crippen LogP contribution is 2.41. The summed E-state index contributed by atoms with van der Waals surface area (Å²) < 4.78 is 6.69. The van der Waals surface area contributed by atoms with Gasteiger partial charge in [0, 0.05) is 13.0 Å². The largest absolute Gasteiger partial charge is 0.378 e. The van der Waals surface area contributed by atoms with Gasteiger partial charge in [-0.25, -0.2) is 4.98 Å². The summed E-state index contributed by atoms with van der Waals surface area (Å²) in [4.78, 5) is 7.95. The van der Waals surface area contributed by atoms with Crippen LogP contribution in [0.1, 0.15) is 57.0 Å². The van der Waals surface area contributed by atoms with Gasteiger partial charge in [0.2, 0.25) is 0 Å². The molecule has 1 aliphatic rings. The van der Waals surface area contributed by atoms with E-state index in [1.165, 1.54) is 25.7 Å². The molecule has 1 heterocycles. The van der Waals surface area contributed by atoms with Gasteiger partial charge in [0.15, 0.2) is 0 Å². The van der Waals surface area contributed by atoms with Gasteiger partial charge in [0.05, 0.1) is 16.8 Å². The summed E-state index contributed by atoms with van der Waals surface area (Å²) in [6.45, 7) is 5.21. The van der Waals surface area contributed by atoms with Crippen LogP contribution in [0.5, 0.6) is 0 Å². The first kappa shape index (κ1) is 15.1. The number of hydrogen-bond acceptors (Lipinski definition) is 3. The fraction of sp³-hybridized carbons (Fsp3) is 0.714. The van der Waals surface area contributed by atoms with Crippen molar-refractivity contribution in [3.63, 3.8) is 0 Å². The summed E-state index contributed by atoms with van der Waals surface area (Å²) in [5, 5.41) is 0. The zero-order valence-corrected chi connectivity index (χ0v) is 14.2. The van der Waals surface area contributed by atoms with Gasteiger partial charge < -0.3 is 9.72 Å². The number of aromatic nitrogens is 2. The van der Waals surface area contributed by atoms with Crippen LogP contribution in [0.25, 0.3) is 0 Å². The highest BCUT2D eigenvalue weighted by atomic mass is 79.9. The average molecular weight is 345 g/mol. The molecule has 1 aromatic heterocycles. The van der Waals surface area contributed by atoms with Crippen LogP contribution in [0.4, 0.5) is 0 Å². The molecule has 0 spiro atoms. The fourth-order valence-corrected chi connectivity index (χ4v) is 3.16. The summed E-state index contributed by atoms with van der Waals surface area (Å²) in [6.07, 6.45) is 4.85. The van der Waals surface area contributed by atoms with E-state index in [2.05, 4.69) is 39.7 Å². The van der Waals surface area contributed by atoms with Crippen molar-refractivity contribution in [1.82, 2.24) is 9.97 Å².